The van der Waals surface area contributed by atoms with Crippen LogP contribution in [0, 0.1) is 6.20 Å². The number of allylic oxidation sites excluding steroid dienone is 4. The van der Waals surface area contributed by atoms with Crippen LogP contribution < -0.4 is 0 Å². The van der Waals surface area contributed by atoms with Crippen molar-refractivity contribution in [1.29, 1.82) is 0 Å². The van der Waals surface area contributed by atoms with Gasteiger partial charge in [0.05, 0.1) is 0 Å². The summed E-state index contributed by atoms with van der Waals surface area (Å²) in [4.78, 5) is 1.76. The zero-order chi connectivity index (χ0) is 8.43. The van der Waals surface area contributed by atoms with Gasteiger partial charge in [0.2, 0.25) is 0 Å². The summed E-state index contributed by atoms with van der Waals surface area (Å²) in [6.07, 6.45) is 6.49. The molecule has 1 aliphatic rings. The predicted octanol–water partition coefficient (Wildman–Crippen LogP) is 2.44. The van der Waals surface area contributed by atoms with Gasteiger partial charge in [-0.2, -0.15) is 0 Å². The monoisotopic (exact) mass is 255 g/mol. The van der Waals surface area contributed by atoms with Crippen molar-refractivity contribution in [1.82, 2.24) is 4.90 Å². The maximum absolute atomic E-state index is 5.81. The van der Waals surface area contributed by atoms with Gasteiger partial charge in [-0.05, 0) is 12.1 Å². The van der Waals surface area contributed by atoms with Crippen molar-refractivity contribution in [3.8, 4) is 0 Å². The number of rotatable bonds is 1. The van der Waals surface area contributed by atoms with Crippen LogP contribution in [-0.2, 0) is 32.7 Å². The van der Waals surface area contributed by atoms with Gasteiger partial charge in [0, 0.05) is 32.7 Å². The Labute approximate surface area is 103 Å². The van der Waals surface area contributed by atoms with E-state index in [9.17, 15) is 0 Å². The molecular formula is C9H9ClNY-. The average molecular weight is 256 g/mol. The topological polar surface area (TPSA) is 3.24 Å². The molecule has 0 bridgehead atoms. The summed E-state index contributed by atoms with van der Waals surface area (Å²) in [5.41, 5.74) is 1.72. The Morgan fingerprint density at radius 3 is 2.75 bits per heavy atom. The Balaban J connectivity index is 0.00000121. The Morgan fingerprint density at radius 1 is 1.67 bits per heavy atom. The fourth-order valence-corrected chi connectivity index (χ4v) is 1.09. The van der Waals surface area contributed by atoms with Gasteiger partial charge in [-0.1, -0.05) is 18.5 Å². The molecule has 12 heavy (non-hydrogen) atoms. The summed E-state index contributed by atoms with van der Waals surface area (Å²) in [6, 6.07) is 0. The van der Waals surface area contributed by atoms with Crippen molar-refractivity contribution in [3.05, 3.63) is 47.8 Å². The molecule has 0 spiro atoms. The minimum Gasteiger partial charge on any atom is -0.462 e. The third-order valence-corrected chi connectivity index (χ3v) is 1.75. The Hall–Kier alpha value is 0.154. The van der Waals surface area contributed by atoms with E-state index in [1.165, 1.54) is 0 Å². The molecule has 0 saturated carbocycles. The van der Waals surface area contributed by atoms with Gasteiger partial charge in [-0.3, -0.25) is 0 Å². The van der Waals surface area contributed by atoms with E-state index in [0.717, 1.165) is 11.1 Å². The summed E-state index contributed by atoms with van der Waals surface area (Å²) >= 11 is 5.81. The van der Waals surface area contributed by atoms with E-state index in [0.29, 0.717) is 5.03 Å². The van der Waals surface area contributed by atoms with E-state index in [1.807, 2.05) is 13.2 Å². The quantitative estimate of drug-likeness (QED) is 0.651. The minimum atomic E-state index is 0. The SMILES string of the molecule is C=CC1=CN(C)[C-]=C(Cl)C1=C.[Y]. The first-order valence-electron chi connectivity index (χ1n) is 3.21. The van der Waals surface area contributed by atoms with E-state index in [2.05, 4.69) is 19.4 Å². The second kappa shape index (κ2) is 5.01. The molecule has 0 aromatic carbocycles. The molecule has 1 rings (SSSR count). The van der Waals surface area contributed by atoms with E-state index >= 15 is 0 Å². The first kappa shape index (κ1) is 12.2. The zero-order valence-electron chi connectivity index (χ0n) is 6.97. The van der Waals surface area contributed by atoms with Crippen molar-refractivity contribution in [2.75, 3.05) is 7.05 Å². The molecule has 0 fully saturated rings. The molecule has 0 N–H and O–H groups in total. The van der Waals surface area contributed by atoms with Crippen molar-refractivity contribution in [3.63, 3.8) is 0 Å². The maximum atomic E-state index is 5.81. The molecule has 1 radical (unpaired) electrons. The van der Waals surface area contributed by atoms with Crippen molar-refractivity contribution >= 4 is 11.6 Å². The molecular weight excluding hydrogens is 246 g/mol. The molecule has 0 aromatic rings. The predicted molar refractivity (Wildman–Crippen MR) is 47.8 cm³/mol. The van der Waals surface area contributed by atoms with Crippen LogP contribution in [0.25, 0.3) is 0 Å². The molecule has 0 amide bonds. The Morgan fingerprint density at radius 2 is 2.25 bits per heavy atom. The van der Waals surface area contributed by atoms with E-state index in [-0.39, 0.29) is 32.7 Å². The van der Waals surface area contributed by atoms with Crippen molar-refractivity contribution in [2.45, 2.75) is 0 Å². The van der Waals surface area contributed by atoms with Gasteiger partial charge in [0.1, 0.15) is 0 Å². The Bertz CT molecular complexity index is 266. The van der Waals surface area contributed by atoms with E-state index < -0.39 is 0 Å². The van der Waals surface area contributed by atoms with Gasteiger partial charge < -0.3 is 4.90 Å². The largest absolute Gasteiger partial charge is 0.462 e. The molecule has 0 saturated heterocycles. The minimum absolute atomic E-state index is 0. The molecule has 61 valence electrons. The molecule has 3 heteroatoms. The smallest absolute Gasteiger partial charge is 0 e. The van der Waals surface area contributed by atoms with Gasteiger partial charge >= 0.3 is 0 Å². The zero-order valence-corrected chi connectivity index (χ0v) is 10.6. The molecule has 0 atom stereocenters. The second-order valence-electron chi connectivity index (χ2n) is 2.30. The van der Waals surface area contributed by atoms with Crippen LogP contribution in [0.5, 0.6) is 0 Å². The van der Waals surface area contributed by atoms with Crippen molar-refractivity contribution in [2.24, 2.45) is 0 Å². The normalized spacial score (nSPS) is 16.2. The van der Waals surface area contributed by atoms with E-state index in [4.69, 9.17) is 11.6 Å². The summed E-state index contributed by atoms with van der Waals surface area (Å²) < 4.78 is 0. The van der Waals surface area contributed by atoms with Gasteiger partial charge in [0.15, 0.2) is 0 Å². The molecule has 0 aromatic heterocycles. The molecule has 1 nitrogen and oxygen atoms in total. The molecule has 1 heterocycles. The molecule has 0 aliphatic carbocycles. The van der Waals surface area contributed by atoms with Gasteiger partial charge in [-0.25, -0.2) is 0 Å². The fourth-order valence-electron chi connectivity index (χ4n) is 0.844. The fraction of sp³-hybridized carbons (Fsp3) is 0.111. The van der Waals surface area contributed by atoms with Crippen molar-refractivity contribution < 1.29 is 32.7 Å². The second-order valence-corrected chi connectivity index (χ2v) is 2.68. The number of hydrogen-bond acceptors (Lipinski definition) is 1. The summed E-state index contributed by atoms with van der Waals surface area (Å²) in [5.74, 6) is 0. The summed E-state index contributed by atoms with van der Waals surface area (Å²) in [5, 5.41) is 0.546. The van der Waals surface area contributed by atoms with Crippen LogP contribution in [0.15, 0.2) is 41.6 Å². The number of nitrogens with zero attached hydrogens (tertiary/aromatic N) is 1. The number of hydrogen-bond donors (Lipinski definition) is 0. The molecule has 1 aliphatic heterocycles. The van der Waals surface area contributed by atoms with Crippen LogP contribution in [0.1, 0.15) is 0 Å². The van der Waals surface area contributed by atoms with Crippen LogP contribution in [0.3, 0.4) is 0 Å². The van der Waals surface area contributed by atoms with Crippen LogP contribution >= 0.6 is 11.6 Å². The van der Waals surface area contributed by atoms with Crippen LogP contribution in [0.2, 0.25) is 0 Å². The first-order valence-corrected chi connectivity index (χ1v) is 3.59. The van der Waals surface area contributed by atoms with Gasteiger partial charge in [0.25, 0.3) is 0 Å². The maximum Gasteiger partial charge on any atom is 0 e. The third kappa shape index (κ3) is 2.58. The summed E-state index contributed by atoms with van der Waals surface area (Å²) in [6.45, 7) is 7.43. The number of halogens is 1. The van der Waals surface area contributed by atoms with Crippen LogP contribution in [-0.4, -0.2) is 11.9 Å². The third-order valence-electron chi connectivity index (χ3n) is 1.44. The Kier molecular flexibility index (Phi) is 5.07. The first-order chi connectivity index (χ1) is 5.15. The van der Waals surface area contributed by atoms with Gasteiger partial charge in [-0.15, -0.1) is 35.9 Å². The average Bonchev–Trinajstić information content (AvgIpc) is 1.96. The molecule has 0 unspecified atom stereocenters. The van der Waals surface area contributed by atoms with Crippen LogP contribution in [0.4, 0.5) is 0 Å². The summed E-state index contributed by atoms with van der Waals surface area (Å²) in [7, 11) is 1.86. The van der Waals surface area contributed by atoms with E-state index in [1.54, 1.807) is 11.0 Å². The standard InChI is InChI=1S/C9H9ClN.Y/c1-4-8-5-11(3)6-9(10)7(8)2;/h4-5H,1-2H2,3H3;/q-1;.